The van der Waals surface area contributed by atoms with Crippen molar-refractivity contribution in [2.24, 2.45) is 0 Å². The van der Waals surface area contributed by atoms with Crippen LogP contribution in [0.1, 0.15) is 0 Å². The molecule has 11 heteroatoms. The third-order valence-corrected chi connectivity index (χ3v) is 6.67. The summed E-state index contributed by atoms with van der Waals surface area (Å²) in [4.78, 5) is 30.1. The average Bonchev–Trinajstić information content (AvgIpc) is 2.92. The predicted octanol–water partition coefficient (Wildman–Crippen LogP) is 4.14. The van der Waals surface area contributed by atoms with Crippen LogP contribution in [0, 0.1) is 0 Å². The van der Waals surface area contributed by atoms with Crippen LogP contribution in [0.15, 0.2) is 72.9 Å². The second-order valence-electron chi connectivity index (χ2n) is 10.2. The zero-order chi connectivity index (χ0) is 28.8. The minimum absolute atomic E-state index is 0.193. The molecule has 1 fully saturated rings. The molecule has 212 valence electrons. The van der Waals surface area contributed by atoms with Crippen LogP contribution < -0.4 is 21.7 Å². The smallest absolute Gasteiger partial charge is 0.248 e. The van der Waals surface area contributed by atoms with Gasteiger partial charge in [-0.1, -0.05) is 30.3 Å². The molecule has 4 aromatic rings. The third kappa shape index (κ3) is 7.13. The van der Waals surface area contributed by atoms with Crippen molar-refractivity contribution in [3.05, 3.63) is 72.9 Å². The Labute approximate surface area is 238 Å². The molecule has 1 saturated heterocycles. The molecule has 1 aliphatic rings. The van der Waals surface area contributed by atoms with Crippen LogP contribution in [0.4, 0.5) is 33.3 Å². The van der Waals surface area contributed by atoms with Crippen molar-refractivity contribution in [2.45, 2.75) is 6.04 Å². The quantitative estimate of drug-likeness (QED) is 0.202. The number of pyridine rings is 1. The molecule has 0 aliphatic carbocycles. The van der Waals surface area contributed by atoms with Crippen molar-refractivity contribution in [3.63, 3.8) is 0 Å². The molecule has 5 rings (SSSR count). The Hall–Kier alpha value is -4.61. The molecule has 1 aliphatic heterocycles. The number of hydrogen-bond donors (Lipinski definition) is 4. The van der Waals surface area contributed by atoms with E-state index < -0.39 is 0 Å². The summed E-state index contributed by atoms with van der Waals surface area (Å²) in [5.41, 5.74) is 10.2. The number of rotatable bonds is 11. The van der Waals surface area contributed by atoms with Gasteiger partial charge in [0.1, 0.15) is 18.3 Å². The maximum atomic E-state index is 12.5. The number of carbonyl (C=O) groups is 1. The molecular formula is C30H34FN9O. The first-order chi connectivity index (χ1) is 19.9. The summed E-state index contributed by atoms with van der Waals surface area (Å²) in [6, 6.07) is 17.4. The highest BCUT2D eigenvalue weighted by Gasteiger charge is 2.26. The van der Waals surface area contributed by atoms with Gasteiger partial charge in [0.15, 0.2) is 0 Å². The number of nitrogens with zero attached hydrogens (tertiary/aromatic N) is 5. The number of fused-ring (bicyclic) bond motifs is 1. The second kappa shape index (κ2) is 12.7. The van der Waals surface area contributed by atoms with E-state index in [1.165, 1.54) is 6.08 Å². The summed E-state index contributed by atoms with van der Waals surface area (Å²) in [6.07, 6.45) is 5.05. The zero-order valence-corrected chi connectivity index (χ0v) is 23.1. The van der Waals surface area contributed by atoms with E-state index in [1.807, 2.05) is 79.7 Å². The van der Waals surface area contributed by atoms with Crippen LogP contribution in [0.5, 0.6) is 0 Å². The number of aromatic nitrogens is 3. The van der Waals surface area contributed by atoms with Gasteiger partial charge in [-0.2, -0.15) is 4.98 Å². The molecule has 2 aromatic heterocycles. The fourth-order valence-corrected chi connectivity index (χ4v) is 4.64. The number of nitrogens with one attached hydrogen (secondary N) is 3. The normalized spacial score (nSPS) is 14.0. The molecule has 0 radical (unpaired) electrons. The number of likely N-dealkylation sites (tertiary alicyclic amines) is 1. The number of carbonyl (C=O) groups excluding carboxylic acids is 1. The summed E-state index contributed by atoms with van der Waals surface area (Å²) in [7, 11) is 3.89. The van der Waals surface area contributed by atoms with Crippen molar-refractivity contribution in [1.82, 2.24) is 24.8 Å². The van der Waals surface area contributed by atoms with Crippen LogP contribution in [-0.4, -0.2) is 83.6 Å². The van der Waals surface area contributed by atoms with E-state index in [0.717, 1.165) is 35.4 Å². The molecule has 1 amide bonds. The van der Waals surface area contributed by atoms with E-state index in [2.05, 4.69) is 30.8 Å². The van der Waals surface area contributed by atoms with Gasteiger partial charge in [0, 0.05) is 48.9 Å². The number of nitrogen functional groups attached to an aromatic ring is 1. The number of benzene rings is 2. The molecular weight excluding hydrogens is 521 g/mol. The molecule has 10 nitrogen and oxygen atoms in total. The Morgan fingerprint density at radius 3 is 2.71 bits per heavy atom. The summed E-state index contributed by atoms with van der Waals surface area (Å²) < 4.78 is 12.5. The Kier molecular flexibility index (Phi) is 8.66. The van der Waals surface area contributed by atoms with E-state index in [0.29, 0.717) is 41.7 Å². The number of para-hydroxylation sites is 1. The first-order valence-corrected chi connectivity index (χ1v) is 13.4. The van der Waals surface area contributed by atoms with E-state index in [1.54, 1.807) is 6.20 Å². The molecule has 0 bridgehead atoms. The maximum Gasteiger partial charge on any atom is 0.248 e. The summed E-state index contributed by atoms with van der Waals surface area (Å²) in [5.74, 6) is 1.26. The number of likely N-dealkylation sites (N-methyl/N-ethyl adjacent to an activating group) is 1. The lowest BCUT2D eigenvalue weighted by molar-refractivity contribution is -0.111. The highest BCUT2D eigenvalue weighted by molar-refractivity contribution is 6.02. The van der Waals surface area contributed by atoms with Gasteiger partial charge in [0.2, 0.25) is 11.9 Å². The number of hydrogen-bond acceptors (Lipinski definition) is 9. The first kappa shape index (κ1) is 27.9. The SMILES string of the molecule is CN(C)CC=CC(=O)Nc1cccc(-c2cccc3c(N)nc(Nc4ccc(NC5CN(CCF)C5)nc4)nc23)c1. The minimum Gasteiger partial charge on any atom is -0.383 e. The zero-order valence-electron chi connectivity index (χ0n) is 23.1. The lowest BCUT2D eigenvalue weighted by Gasteiger charge is -2.39. The van der Waals surface area contributed by atoms with Crippen molar-refractivity contribution in [1.29, 1.82) is 0 Å². The molecule has 2 aromatic carbocycles. The van der Waals surface area contributed by atoms with Gasteiger partial charge < -0.3 is 26.6 Å². The average molecular weight is 556 g/mol. The predicted molar refractivity (Wildman–Crippen MR) is 163 cm³/mol. The number of alkyl halides is 1. The Bertz CT molecular complexity index is 1540. The molecule has 0 saturated carbocycles. The van der Waals surface area contributed by atoms with Crippen LogP contribution in [-0.2, 0) is 4.79 Å². The highest BCUT2D eigenvalue weighted by Crippen LogP contribution is 2.32. The van der Waals surface area contributed by atoms with Gasteiger partial charge >= 0.3 is 0 Å². The fourth-order valence-electron chi connectivity index (χ4n) is 4.64. The van der Waals surface area contributed by atoms with Crippen LogP contribution in [0.25, 0.3) is 22.0 Å². The molecule has 3 heterocycles. The fraction of sp³-hybridized carbons (Fsp3) is 0.267. The largest absolute Gasteiger partial charge is 0.383 e. The van der Waals surface area contributed by atoms with Crippen LogP contribution >= 0.6 is 0 Å². The molecule has 41 heavy (non-hydrogen) atoms. The van der Waals surface area contributed by atoms with Gasteiger partial charge in [-0.25, -0.2) is 14.4 Å². The van der Waals surface area contributed by atoms with Crippen molar-refractivity contribution >= 4 is 45.8 Å². The number of amides is 1. The number of halogens is 1. The Morgan fingerprint density at radius 1 is 1.12 bits per heavy atom. The van der Waals surface area contributed by atoms with E-state index in [9.17, 15) is 9.18 Å². The van der Waals surface area contributed by atoms with Crippen LogP contribution in [0.2, 0.25) is 0 Å². The number of nitrogens with two attached hydrogens (primary N) is 1. The second-order valence-corrected chi connectivity index (χ2v) is 10.2. The van der Waals surface area contributed by atoms with Gasteiger partial charge in [0.05, 0.1) is 23.4 Å². The van der Waals surface area contributed by atoms with E-state index in [4.69, 9.17) is 10.7 Å². The highest BCUT2D eigenvalue weighted by atomic mass is 19.1. The standard InChI is InChI=1S/C30H34FN9O/c1-39(2)14-5-10-27(41)35-21-7-3-6-20(16-21)24-8-4-9-25-28(24)37-30(38-29(25)32)36-22-11-12-26(33-17-22)34-23-18-40(19-23)15-13-31/h3-12,16-17,23H,13-15,18-19H2,1-2H3,(H,33,34)(H,35,41)(H3,32,36,37,38). The first-order valence-electron chi connectivity index (χ1n) is 13.4. The Morgan fingerprint density at radius 2 is 1.95 bits per heavy atom. The molecule has 5 N–H and O–H groups in total. The topological polar surface area (TPSA) is 124 Å². The van der Waals surface area contributed by atoms with E-state index >= 15 is 0 Å². The number of anilines is 5. The Balaban J connectivity index is 1.32. The van der Waals surface area contributed by atoms with E-state index in [-0.39, 0.29) is 18.6 Å². The molecule has 0 atom stereocenters. The summed E-state index contributed by atoms with van der Waals surface area (Å²) in [5, 5.41) is 10.2. The van der Waals surface area contributed by atoms with Crippen molar-refractivity contribution in [3.8, 4) is 11.1 Å². The maximum absolute atomic E-state index is 12.5. The van der Waals surface area contributed by atoms with Crippen LogP contribution in [0.3, 0.4) is 0 Å². The molecule has 0 spiro atoms. The lowest BCUT2D eigenvalue weighted by Crippen LogP contribution is -2.55. The van der Waals surface area contributed by atoms with Gasteiger partial charge in [-0.3, -0.25) is 9.69 Å². The van der Waals surface area contributed by atoms with Gasteiger partial charge in [0.25, 0.3) is 0 Å². The van der Waals surface area contributed by atoms with Crippen molar-refractivity contribution < 1.29 is 9.18 Å². The van der Waals surface area contributed by atoms with Crippen molar-refractivity contribution in [2.75, 3.05) is 68.6 Å². The van der Waals surface area contributed by atoms with Gasteiger partial charge in [-0.15, -0.1) is 0 Å². The summed E-state index contributed by atoms with van der Waals surface area (Å²) >= 11 is 0. The third-order valence-electron chi connectivity index (χ3n) is 6.67. The van der Waals surface area contributed by atoms with Gasteiger partial charge in [-0.05, 0) is 50.0 Å². The monoisotopic (exact) mass is 555 g/mol. The minimum atomic E-state index is -0.325. The lowest BCUT2D eigenvalue weighted by atomic mass is 10.0. The molecule has 0 unspecified atom stereocenters. The summed E-state index contributed by atoms with van der Waals surface area (Å²) in [6.45, 7) is 2.44.